The Kier molecular flexibility index (Phi) is 4.26. The Morgan fingerprint density at radius 1 is 1.04 bits per heavy atom. The quantitative estimate of drug-likeness (QED) is 0.634. The second-order valence-electron chi connectivity index (χ2n) is 4.96. The molecule has 0 spiro atoms. The Hall–Kier alpha value is -2.80. The van der Waals surface area contributed by atoms with E-state index in [2.05, 4.69) is 21.2 Å². The van der Waals surface area contributed by atoms with Crippen molar-refractivity contribution in [1.82, 2.24) is 5.32 Å². The molecule has 1 fully saturated rings. The van der Waals surface area contributed by atoms with Gasteiger partial charge in [-0.15, -0.1) is 0 Å². The van der Waals surface area contributed by atoms with Gasteiger partial charge in [0.1, 0.15) is 11.4 Å². The Balaban J connectivity index is 2.05. The molecule has 4 amide bonds. The van der Waals surface area contributed by atoms with Crippen molar-refractivity contribution in [2.45, 2.75) is 0 Å². The van der Waals surface area contributed by atoms with Crippen LogP contribution in [0.2, 0.25) is 0 Å². The van der Waals surface area contributed by atoms with Gasteiger partial charge in [0.05, 0.1) is 5.69 Å². The molecule has 0 saturated carbocycles. The molecule has 0 radical (unpaired) electrons. The summed E-state index contributed by atoms with van der Waals surface area (Å²) in [5.41, 5.74) is 0.120. The van der Waals surface area contributed by atoms with E-state index in [1.165, 1.54) is 24.3 Å². The van der Waals surface area contributed by atoms with Crippen LogP contribution in [0.5, 0.6) is 0 Å². The van der Waals surface area contributed by atoms with E-state index in [1.807, 2.05) is 0 Å². The van der Waals surface area contributed by atoms with E-state index in [-0.39, 0.29) is 11.3 Å². The normalized spacial score (nSPS) is 16.5. The fourth-order valence-corrected chi connectivity index (χ4v) is 2.69. The molecule has 2 aromatic carbocycles. The van der Waals surface area contributed by atoms with Crippen molar-refractivity contribution >= 4 is 45.5 Å². The van der Waals surface area contributed by atoms with Gasteiger partial charge in [0.25, 0.3) is 11.8 Å². The van der Waals surface area contributed by atoms with Crippen molar-refractivity contribution in [3.05, 3.63) is 70.0 Å². The van der Waals surface area contributed by atoms with Gasteiger partial charge in [-0.2, -0.15) is 0 Å². The number of carbonyl (C=O) groups is 3. The number of para-hydroxylation sites is 1. The molecule has 0 unspecified atom stereocenters. The van der Waals surface area contributed by atoms with Crippen LogP contribution in [0.1, 0.15) is 5.56 Å². The fraction of sp³-hybridized carbons (Fsp3) is 0. The highest BCUT2D eigenvalue weighted by atomic mass is 79.9. The van der Waals surface area contributed by atoms with E-state index in [4.69, 9.17) is 0 Å². The lowest BCUT2D eigenvalue weighted by atomic mass is 10.1. The van der Waals surface area contributed by atoms with Gasteiger partial charge in [-0.3, -0.25) is 14.9 Å². The van der Waals surface area contributed by atoms with Gasteiger partial charge in [-0.05, 0) is 35.9 Å². The highest BCUT2D eigenvalue weighted by molar-refractivity contribution is 9.10. The number of benzene rings is 2. The first kappa shape index (κ1) is 16.1. The molecule has 0 bridgehead atoms. The SMILES string of the molecule is O=C1NC(=O)N(c2ccccc2F)C(=O)/C1=C/c1cccc(Br)c1. The number of rotatable bonds is 2. The molecular formula is C17H10BrFN2O3. The van der Waals surface area contributed by atoms with Crippen LogP contribution in [-0.2, 0) is 9.59 Å². The number of carbonyl (C=O) groups excluding carboxylic acids is 3. The second kappa shape index (κ2) is 6.37. The van der Waals surface area contributed by atoms with E-state index >= 15 is 0 Å². The van der Waals surface area contributed by atoms with Crippen molar-refractivity contribution in [3.8, 4) is 0 Å². The largest absolute Gasteiger partial charge is 0.336 e. The summed E-state index contributed by atoms with van der Waals surface area (Å²) in [6.45, 7) is 0. The summed E-state index contributed by atoms with van der Waals surface area (Å²) in [6, 6.07) is 11.3. The number of hydrogen-bond donors (Lipinski definition) is 1. The zero-order valence-corrected chi connectivity index (χ0v) is 13.7. The number of amides is 4. The topological polar surface area (TPSA) is 66.5 Å². The number of halogens is 2. The molecule has 1 aliphatic heterocycles. The molecule has 1 heterocycles. The first-order valence-corrected chi connectivity index (χ1v) is 7.68. The molecule has 0 aromatic heterocycles. The Morgan fingerprint density at radius 2 is 1.79 bits per heavy atom. The summed E-state index contributed by atoms with van der Waals surface area (Å²) in [4.78, 5) is 37.2. The lowest BCUT2D eigenvalue weighted by Gasteiger charge is -2.26. The van der Waals surface area contributed by atoms with Crippen LogP contribution < -0.4 is 10.2 Å². The van der Waals surface area contributed by atoms with Gasteiger partial charge < -0.3 is 0 Å². The van der Waals surface area contributed by atoms with Crippen LogP contribution in [0.4, 0.5) is 14.9 Å². The minimum absolute atomic E-state index is 0.215. The minimum Gasteiger partial charge on any atom is -0.273 e. The predicted molar refractivity (Wildman–Crippen MR) is 89.5 cm³/mol. The van der Waals surface area contributed by atoms with Crippen molar-refractivity contribution < 1.29 is 18.8 Å². The lowest BCUT2D eigenvalue weighted by Crippen LogP contribution is -2.54. The van der Waals surface area contributed by atoms with E-state index in [9.17, 15) is 18.8 Å². The molecule has 1 aliphatic rings. The first-order chi connectivity index (χ1) is 11.5. The van der Waals surface area contributed by atoms with E-state index < -0.39 is 23.7 Å². The van der Waals surface area contributed by atoms with Crippen molar-refractivity contribution in [1.29, 1.82) is 0 Å². The maximum Gasteiger partial charge on any atom is 0.336 e. The summed E-state index contributed by atoms with van der Waals surface area (Å²) >= 11 is 3.30. The molecule has 3 rings (SSSR count). The summed E-state index contributed by atoms with van der Waals surface area (Å²) in [7, 11) is 0. The third kappa shape index (κ3) is 2.98. The summed E-state index contributed by atoms with van der Waals surface area (Å²) in [5.74, 6) is -2.44. The third-order valence-electron chi connectivity index (χ3n) is 3.35. The summed E-state index contributed by atoms with van der Waals surface area (Å²) in [5, 5.41) is 2.05. The maximum absolute atomic E-state index is 13.9. The molecular weight excluding hydrogens is 379 g/mol. The molecule has 1 N–H and O–H groups in total. The van der Waals surface area contributed by atoms with Crippen molar-refractivity contribution in [3.63, 3.8) is 0 Å². The fourth-order valence-electron chi connectivity index (χ4n) is 2.27. The van der Waals surface area contributed by atoms with Crippen molar-refractivity contribution in [2.24, 2.45) is 0 Å². The maximum atomic E-state index is 13.9. The Morgan fingerprint density at radius 3 is 2.50 bits per heavy atom. The molecule has 7 heteroatoms. The molecule has 5 nitrogen and oxygen atoms in total. The average molecular weight is 389 g/mol. The van der Waals surface area contributed by atoms with Gasteiger partial charge in [0.15, 0.2) is 0 Å². The van der Waals surface area contributed by atoms with Crippen LogP contribution in [0, 0.1) is 5.82 Å². The predicted octanol–water partition coefficient (Wildman–Crippen LogP) is 3.25. The highest BCUT2D eigenvalue weighted by Gasteiger charge is 2.37. The van der Waals surface area contributed by atoms with Gasteiger partial charge in [0.2, 0.25) is 0 Å². The van der Waals surface area contributed by atoms with Gasteiger partial charge in [-0.1, -0.05) is 40.2 Å². The molecule has 0 atom stereocenters. The highest BCUT2D eigenvalue weighted by Crippen LogP contribution is 2.24. The number of hydrogen-bond acceptors (Lipinski definition) is 3. The average Bonchev–Trinajstić information content (AvgIpc) is 2.53. The first-order valence-electron chi connectivity index (χ1n) is 6.89. The van der Waals surface area contributed by atoms with E-state index in [0.717, 1.165) is 10.5 Å². The zero-order valence-electron chi connectivity index (χ0n) is 12.1. The molecule has 24 heavy (non-hydrogen) atoms. The smallest absolute Gasteiger partial charge is 0.273 e. The monoisotopic (exact) mass is 388 g/mol. The van der Waals surface area contributed by atoms with Gasteiger partial charge >= 0.3 is 6.03 Å². The Labute approximate surface area is 144 Å². The summed E-state index contributed by atoms with van der Waals surface area (Å²) in [6.07, 6.45) is 1.35. The number of nitrogens with one attached hydrogen (secondary N) is 1. The summed E-state index contributed by atoms with van der Waals surface area (Å²) < 4.78 is 14.7. The van der Waals surface area contributed by atoms with Gasteiger partial charge in [0, 0.05) is 4.47 Å². The van der Waals surface area contributed by atoms with Crippen LogP contribution in [0.25, 0.3) is 6.08 Å². The molecule has 2 aromatic rings. The molecule has 1 saturated heterocycles. The molecule has 120 valence electrons. The standard InChI is InChI=1S/C17H10BrFN2O3/c18-11-5-3-4-10(8-11)9-12-15(22)20-17(24)21(16(12)23)14-7-2-1-6-13(14)19/h1-9H,(H,20,22,24)/b12-9+. The molecule has 0 aliphatic carbocycles. The van der Waals surface area contributed by atoms with Crippen LogP contribution in [0.3, 0.4) is 0 Å². The second-order valence-corrected chi connectivity index (χ2v) is 5.88. The number of anilines is 1. The number of urea groups is 1. The number of imide groups is 2. The Bertz CT molecular complexity index is 895. The third-order valence-corrected chi connectivity index (χ3v) is 3.85. The number of barbiturate groups is 1. The van der Waals surface area contributed by atoms with Crippen molar-refractivity contribution in [2.75, 3.05) is 4.90 Å². The van der Waals surface area contributed by atoms with Crippen LogP contribution in [-0.4, -0.2) is 17.8 Å². The number of nitrogens with zero attached hydrogens (tertiary/aromatic N) is 1. The van der Waals surface area contributed by atoms with E-state index in [1.54, 1.807) is 24.3 Å². The van der Waals surface area contributed by atoms with Crippen LogP contribution in [0.15, 0.2) is 58.6 Å². The zero-order chi connectivity index (χ0) is 17.3. The van der Waals surface area contributed by atoms with Gasteiger partial charge in [-0.25, -0.2) is 14.1 Å². The van der Waals surface area contributed by atoms with E-state index in [0.29, 0.717) is 10.5 Å². The lowest BCUT2D eigenvalue weighted by molar-refractivity contribution is -0.122. The minimum atomic E-state index is -0.985. The van der Waals surface area contributed by atoms with Crippen LogP contribution >= 0.6 is 15.9 Å².